The molecule has 0 unspecified atom stereocenters. The van der Waals surface area contributed by atoms with Crippen LogP contribution in [0.2, 0.25) is 5.02 Å². The lowest BCUT2D eigenvalue weighted by molar-refractivity contribution is 0.439. The van der Waals surface area contributed by atoms with Gasteiger partial charge in [0, 0.05) is 0 Å². The topological polar surface area (TPSA) is 33.0 Å². The summed E-state index contributed by atoms with van der Waals surface area (Å²) in [6.45, 7) is 0. The van der Waals surface area contributed by atoms with E-state index in [1.54, 1.807) is 0 Å². The summed E-state index contributed by atoms with van der Waals surface area (Å²) in [6, 6.07) is 8.04. The zero-order valence-corrected chi connectivity index (χ0v) is 11.6. The summed E-state index contributed by atoms with van der Waals surface area (Å²) in [7, 11) is 0. The van der Waals surface area contributed by atoms with Crippen molar-refractivity contribution in [3.05, 3.63) is 57.0 Å². The number of nitriles is 1. The molecule has 0 radical (unpaired) electrons. The second kappa shape index (κ2) is 5.55. The van der Waals surface area contributed by atoms with Crippen molar-refractivity contribution >= 4 is 27.5 Å². The first-order chi connectivity index (χ1) is 9.02. The van der Waals surface area contributed by atoms with Gasteiger partial charge in [0.05, 0.1) is 15.1 Å². The number of hydrogen-bond donors (Lipinski definition) is 0. The molecule has 0 N–H and O–H groups in total. The van der Waals surface area contributed by atoms with Crippen molar-refractivity contribution in [2.75, 3.05) is 0 Å². The molecule has 0 amide bonds. The summed E-state index contributed by atoms with van der Waals surface area (Å²) in [5.74, 6) is -1.23. The fourth-order valence-electron chi connectivity index (χ4n) is 1.37. The summed E-state index contributed by atoms with van der Waals surface area (Å²) in [4.78, 5) is 0. The van der Waals surface area contributed by atoms with Crippen molar-refractivity contribution in [2.24, 2.45) is 0 Å². The van der Waals surface area contributed by atoms with Crippen molar-refractivity contribution in [1.82, 2.24) is 0 Å². The molecule has 0 fully saturated rings. The van der Waals surface area contributed by atoms with E-state index in [-0.39, 0.29) is 26.6 Å². The van der Waals surface area contributed by atoms with Gasteiger partial charge in [0.2, 0.25) is 0 Å². The van der Waals surface area contributed by atoms with Crippen LogP contribution in [0.25, 0.3) is 0 Å². The normalized spacial score (nSPS) is 10.1. The largest absolute Gasteiger partial charge is 0.453 e. The molecule has 2 aromatic carbocycles. The molecular weight excluding hydrogens is 340 g/mol. The Labute approximate surface area is 121 Å². The van der Waals surface area contributed by atoms with Crippen LogP contribution in [-0.4, -0.2) is 0 Å². The lowest BCUT2D eigenvalue weighted by Gasteiger charge is -2.09. The highest BCUT2D eigenvalue weighted by molar-refractivity contribution is 9.10. The van der Waals surface area contributed by atoms with E-state index in [9.17, 15) is 8.78 Å². The highest BCUT2D eigenvalue weighted by Gasteiger charge is 2.14. The third-order valence-electron chi connectivity index (χ3n) is 2.28. The zero-order valence-electron chi connectivity index (χ0n) is 9.25. The van der Waals surface area contributed by atoms with Gasteiger partial charge in [-0.3, -0.25) is 0 Å². The Hall–Kier alpha value is -1.64. The summed E-state index contributed by atoms with van der Waals surface area (Å²) in [6.07, 6.45) is 0. The second-order valence-corrected chi connectivity index (χ2v) is 4.73. The minimum atomic E-state index is -0.723. The minimum Gasteiger partial charge on any atom is -0.453 e. The standard InChI is InChI=1S/C13H5BrClF2NO/c14-12-7(6-18)1-3-11(13(12)17)19-10-4-2-8(16)5-9(10)15/h1-5H. The maximum atomic E-state index is 13.9. The number of rotatable bonds is 2. The van der Waals surface area contributed by atoms with Crippen LogP contribution in [0.1, 0.15) is 5.56 Å². The van der Waals surface area contributed by atoms with Gasteiger partial charge in [-0.2, -0.15) is 5.26 Å². The molecule has 0 bridgehead atoms. The molecule has 2 nitrogen and oxygen atoms in total. The lowest BCUT2D eigenvalue weighted by Crippen LogP contribution is -1.92. The van der Waals surface area contributed by atoms with Gasteiger partial charge >= 0.3 is 0 Å². The van der Waals surface area contributed by atoms with Crippen LogP contribution in [0.15, 0.2) is 34.8 Å². The molecule has 19 heavy (non-hydrogen) atoms. The Morgan fingerprint density at radius 1 is 1.16 bits per heavy atom. The molecule has 2 rings (SSSR count). The maximum absolute atomic E-state index is 13.9. The summed E-state index contributed by atoms with van der Waals surface area (Å²) < 4.78 is 32.0. The van der Waals surface area contributed by atoms with Crippen LogP contribution in [0, 0.1) is 23.0 Å². The quantitative estimate of drug-likeness (QED) is 0.764. The van der Waals surface area contributed by atoms with Crippen LogP contribution in [0.4, 0.5) is 8.78 Å². The molecule has 0 aliphatic rings. The first-order valence-electron chi connectivity index (χ1n) is 5.04. The van der Waals surface area contributed by atoms with E-state index in [1.807, 2.05) is 6.07 Å². The minimum absolute atomic E-state index is 0.00531. The van der Waals surface area contributed by atoms with E-state index in [4.69, 9.17) is 21.6 Å². The molecular formula is C13H5BrClF2NO. The Morgan fingerprint density at radius 3 is 2.47 bits per heavy atom. The Kier molecular flexibility index (Phi) is 4.03. The molecule has 0 aliphatic carbocycles. The molecule has 0 saturated heterocycles. The van der Waals surface area contributed by atoms with Crippen LogP contribution < -0.4 is 4.74 Å². The molecule has 0 saturated carbocycles. The Balaban J connectivity index is 2.39. The summed E-state index contributed by atoms with van der Waals surface area (Å²) in [5.41, 5.74) is 0.148. The fourth-order valence-corrected chi connectivity index (χ4v) is 2.00. The van der Waals surface area contributed by atoms with E-state index < -0.39 is 11.6 Å². The van der Waals surface area contributed by atoms with Crippen molar-refractivity contribution in [3.63, 3.8) is 0 Å². The van der Waals surface area contributed by atoms with Gasteiger partial charge < -0.3 is 4.74 Å². The molecule has 0 atom stereocenters. The monoisotopic (exact) mass is 343 g/mol. The number of nitrogens with zero attached hydrogens (tertiary/aromatic N) is 1. The van der Waals surface area contributed by atoms with Gasteiger partial charge in [-0.1, -0.05) is 11.6 Å². The van der Waals surface area contributed by atoms with Crippen LogP contribution in [0.5, 0.6) is 11.5 Å². The van der Waals surface area contributed by atoms with E-state index in [0.717, 1.165) is 12.1 Å². The molecule has 6 heteroatoms. The molecule has 2 aromatic rings. The summed E-state index contributed by atoms with van der Waals surface area (Å²) >= 11 is 8.74. The van der Waals surface area contributed by atoms with Gasteiger partial charge in [0.15, 0.2) is 11.6 Å². The number of ether oxygens (including phenoxy) is 1. The molecule has 96 valence electrons. The highest BCUT2D eigenvalue weighted by atomic mass is 79.9. The highest BCUT2D eigenvalue weighted by Crippen LogP contribution is 2.34. The third kappa shape index (κ3) is 2.86. The summed E-state index contributed by atoms with van der Waals surface area (Å²) in [5, 5.41) is 8.78. The lowest BCUT2D eigenvalue weighted by atomic mass is 10.2. The van der Waals surface area contributed by atoms with E-state index >= 15 is 0 Å². The Bertz CT molecular complexity index is 685. The molecule has 0 spiro atoms. The molecule has 0 aromatic heterocycles. The van der Waals surface area contributed by atoms with E-state index in [1.165, 1.54) is 18.2 Å². The van der Waals surface area contributed by atoms with Crippen LogP contribution in [-0.2, 0) is 0 Å². The van der Waals surface area contributed by atoms with Gasteiger partial charge in [0.1, 0.15) is 17.6 Å². The first kappa shape index (κ1) is 13.8. The molecule has 0 heterocycles. The first-order valence-corrected chi connectivity index (χ1v) is 6.21. The van der Waals surface area contributed by atoms with Crippen molar-refractivity contribution < 1.29 is 13.5 Å². The van der Waals surface area contributed by atoms with E-state index in [2.05, 4.69) is 15.9 Å². The number of benzene rings is 2. The smallest absolute Gasteiger partial charge is 0.181 e. The van der Waals surface area contributed by atoms with Crippen molar-refractivity contribution in [3.8, 4) is 17.6 Å². The maximum Gasteiger partial charge on any atom is 0.181 e. The SMILES string of the molecule is N#Cc1ccc(Oc2ccc(F)cc2Cl)c(F)c1Br. The number of hydrogen-bond acceptors (Lipinski definition) is 2. The van der Waals surface area contributed by atoms with Crippen LogP contribution >= 0.6 is 27.5 Å². The van der Waals surface area contributed by atoms with E-state index in [0.29, 0.717) is 0 Å². The Morgan fingerprint density at radius 2 is 1.84 bits per heavy atom. The third-order valence-corrected chi connectivity index (χ3v) is 3.35. The average Bonchev–Trinajstić information content (AvgIpc) is 2.38. The average molecular weight is 345 g/mol. The predicted octanol–water partition coefficient (Wildman–Crippen LogP) is 5.04. The number of halogens is 4. The van der Waals surface area contributed by atoms with Gasteiger partial charge in [-0.15, -0.1) is 0 Å². The van der Waals surface area contributed by atoms with Crippen molar-refractivity contribution in [2.45, 2.75) is 0 Å². The molecule has 0 aliphatic heterocycles. The second-order valence-electron chi connectivity index (χ2n) is 3.53. The fraction of sp³-hybridized carbons (Fsp3) is 0. The van der Waals surface area contributed by atoms with Gasteiger partial charge in [-0.25, -0.2) is 8.78 Å². The van der Waals surface area contributed by atoms with Crippen molar-refractivity contribution in [1.29, 1.82) is 5.26 Å². The zero-order chi connectivity index (χ0) is 14.0. The van der Waals surface area contributed by atoms with Crippen LogP contribution in [0.3, 0.4) is 0 Å². The van der Waals surface area contributed by atoms with Gasteiger partial charge in [0.25, 0.3) is 0 Å². The van der Waals surface area contributed by atoms with Gasteiger partial charge in [-0.05, 0) is 46.3 Å². The predicted molar refractivity (Wildman–Crippen MR) is 70.3 cm³/mol.